The lowest BCUT2D eigenvalue weighted by atomic mass is 9.89. The SMILES string of the molecule is O=C(COc1ccc(-c2nc(-c3ccccc3)no2)cc1)NCC1CCCCC1. The highest BCUT2D eigenvalue weighted by Gasteiger charge is 2.14. The van der Waals surface area contributed by atoms with Crippen LogP contribution in [-0.4, -0.2) is 29.2 Å². The van der Waals surface area contributed by atoms with Gasteiger partial charge in [0.1, 0.15) is 5.75 Å². The predicted molar refractivity (Wildman–Crippen MR) is 110 cm³/mol. The van der Waals surface area contributed by atoms with Crippen molar-refractivity contribution in [2.24, 2.45) is 5.92 Å². The van der Waals surface area contributed by atoms with Crippen molar-refractivity contribution in [3.8, 4) is 28.6 Å². The molecule has 0 radical (unpaired) electrons. The van der Waals surface area contributed by atoms with Gasteiger partial charge in [0.05, 0.1) is 0 Å². The molecule has 0 spiro atoms. The molecular weight excluding hydrogens is 366 g/mol. The van der Waals surface area contributed by atoms with Gasteiger partial charge in [0.2, 0.25) is 5.82 Å². The van der Waals surface area contributed by atoms with E-state index in [1.165, 1.54) is 32.1 Å². The first-order valence-electron chi connectivity index (χ1n) is 10.2. The summed E-state index contributed by atoms with van der Waals surface area (Å²) < 4.78 is 11.0. The third-order valence-corrected chi connectivity index (χ3v) is 5.24. The van der Waals surface area contributed by atoms with Gasteiger partial charge >= 0.3 is 0 Å². The number of aromatic nitrogens is 2. The molecule has 29 heavy (non-hydrogen) atoms. The number of benzene rings is 2. The minimum atomic E-state index is -0.0796. The second kappa shape index (κ2) is 9.37. The van der Waals surface area contributed by atoms with Crippen LogP contribution in [0.4, 0.5) is 0 Å². The molecular formula is C23H25N3O3. The molecule has 0 unspecified atom stereocenters. The van der Waals surface area contributed by atoms with E-state index in [0.717, 1.165) is 17.7 Å². The minimum absolute atomic E-state index is 0.0186. The Hall–Kier alpha value is -3.15. The number of nitrogens with zero attached hydrogens (tertiary/aromatic N) is 2. The van der Waals surface area contributed by atoms with E-state index in [1.807, 2.05) is 42.5 Å². The summed E-state index contributed by atoms with van der Waals surface area (Å²) in [6, 6.07) is 17.0. The lowest BCUT2D eigenvalue weighted by Crippen LogP contribution is -2.33. The van der Waals surface area contributed by atoms with Gasteiger partial charge in [0, 0.05) is 17.7 Å². The van der Waals surface area contributed by atoms with Crippen LogP contribution in [0.1, 0.15) is 32.1 Å². The zero-order valence-corrected chi connectivity index (χ0v) is 16.3. The summed E-state index contributed by atoms with van der Waals surface area (Å²) in [5.41, 5.74) is 1.70. The first-order valence-corrected chi connectivity index (χ1v) is 10.2. The number of amides is 1. The van der Waals surface area contributed by atoms with Crippen molar-refractivity contribution in [3.63, 3.8) is 0 Å². The van der Waals surface area contributed by atoms with E-state index in [0.29, 0.717) is 23.4 Å². The molecule has 0 bridgehead atoms. The van der Waals surface area contributed by atoms with E-state index >= 15 is 0 Å². The summed E-state index contributed by atoms with van der Waals surface area (Å²) in [5.74, 6) is 2.16. The standard InChI is InChI=1S/C23H25N3O3/c27-21(24-15-17-7-3-1-4-8-17)16-28-20-13-11-19(12-14-20)23-25-22(26-29-23)18-9-5-2-6-10-18/h2,5-6,9-14,17H,1,3-4,7-8,15-16H2,(H,24,27). The van der Waals surface area contributed by atoms with E-state index in [4.69, 9.17) is 9.26 Å². The molecule has 1 aliphatic carbocycles. The summed E-state index contributed by atoms with van der Waals surface area (Å²) in [7, 11) is 0. The molecule has 2 aromatic carbocycles. The van der Waals surface area contributed by atoms with E-state index in [2.05, 4.69) is 15.5 Å². The molecule has 1 aliphatic rings. The average molecular weight is 391 g/mol. The highest BCUT2D eigenvalue weighted by atomic mass is 16.5. The van der Waals surface area contributed by atoms with Crippen LogP contribution in [-0.2, 0) is 4.79 Å². The average Bonchev–Trinajstić information content (AvgIpc) is 3.28. The fraction of sp³-hybridized carbons (Fsp3) is 0.348. The molecule has 3 aromatic rings. The van der Waals surface area contributed by atoms with Gasteiger partial charge in [-0.05, 0) is 43.0 Å². The molecule has 1 aromatic heterocycles. The van der Waals surface area contributed by atoms with Crippen LogP contribution in [0.3, 0.4) is 0 Å². The predicted octanol–water partition coefficient (Wildman–Crippen LogP) is 4.48. The first kappa shape index (κ1) is 19.2. The van der Waals surface area contributed by atoms with Crippen molar-refractivity contribution in [3.05, 3.63) is 54.6 Å². The summed E-state index contributed by atoms with van der Waals surface area (Å²) in [4.78, 5) is 16.5. The summed E-state index contributed by atoms with van der Waals surface area (Å²) in [6.45, 7) is 0.771. The van der Waals surface area contributed by atoms with Crippen LogP contribution in [0.15, 0.2) is 59.1 Å². The Morgan fingerprint density at radius 3 is 2.52 bits per heavy atom. The summed E-state index contributed by atoms with van der Waals surface area (Å²) in [6.07, 6.45) is 6.29. The van der Waals surface area contributed by atoms with E-state index < -0.39 is 0 Å². The van der Waals surface area contributed by atoms with Crippen molar-refractivity contribution in [2.75, 3.05) is 13.2 Å². The fourth-order valence-corrected chi connectivity index (χ4v) is 3.59. The minimum Gasteiger partial charge on any atom is -0.484 e. The molecule has 0 aliphatic heterocycles. The van der Waals surface area contributed by atoms with Crippen LogP contribution in [0.5, 0.6) is 5.75 Å². The number of hydrogen-bond donors (Lipinski definition) is 1. The van der Waals surface area contributed by atoms with Crippen LogP contribution in [0.2, 0.25) is 0 Å². The van der Waals surface area contributed by atoms with Crippen LogP contribution >= 0.6 is 0 Å². The summed E-state index contributed by atoms with van der Waals surface area (Å²) >= 11 is 0. The van der Waals surface area contributed by atoms with Gasteiger partial charge in [-0.2, -0.15) is 4.98 Å². The van der Waals surface area contributed by atoms with Gasteiger partial charge in [0.25, 0.3) is 11.8 Å². The smallest absolute Gasteiger partial charge is 0.258 e. The third kappa shape index (κ3) is 5.22. The molecule has 6 heteroatoms. The third-order valence-electron chi connectivity index (χ3n) is 5.24. The maximum Gasteiger partial charge on any atom is 0.258 e. The Morgan fingerprint density at radius 2 is 1.76 bits per heavy atom. The molecule has 6 nitrogen and oxygen atoms in total. The second-order valence-electron chi connectivity index (χ2n) is 7.41. The van der Waals surface area contributed by atoms with Crippen molar-refractivity contribution in [1.29, 1.82) is 0 Å². The molecule has 0 saturated heterocycles. The van der Waals surface area contributed by atoms with Crippen LogP contribution in [0, 0.1) is 5.92 Å². The highest BCUT2D eigenvalue weighted by Crippen LogP contribution is 2.24. The van der Waals surface area contributed by atoms with E-state index in [9.17, 15) is 4.79 Å². The maximum absolute atomic E-state index is 12.0. The second-order valence-corrected chi connectivity index (χ2v) is 7.41. The molecule has 1 saturated carbocycles. The molecule has 1 fully saturated rings. The lowest BCUT2D eigenvalue weighted by Gasteiger charge is -2.21. The lowest BCUT2D eigenvalue weighted by molar-refractivity contribution is -0.123. The number of hydrogen-bond acceptors (Lipinski definition) is 5. The summed E-state index contributed by atoms with van der Waals surface area (Å²) in [5, 5.41) is 7.01. The topological polar surface area (TPSA) is 77.2 Å². The Kier molecular flexibility index (Phi) is 6.19. The van der Waals surface area contributed by atoms with Crippen molar-refractivity contribution in [2.45, 2.75) is 32.1 Å². The quantitative estimate of drug-likeness (QED) is 0.643. The number of carbonyl (C=O) groups is 1. The molecule has 150 valence electrons. The Bertz CT molecular complexity index is 916. The molecule has 1 amide bonds. The number of carbonyl (C=O) groups excluding carboxylic acids is 1. The fourth-order valence-electron chi connectivity index (χ4n) is 3.59. The van der Waals surface area contributed by atoms with Crippen molar-refractivity contribution in [1.82, 2.24) is 15.5 Å². The zero-order valence-electron chi connectivity index (χ0n) is 16.3. The van der Waals surface area contributed by atoms with Crippen LogP contribution < -0.4 is 10.1 Å². The number of ether oxygens (including phenoxy) is 1. The van der Waals surface area contributed by atoms with Crippen molar-refractivity contribution < 1.29 is 14.1 Å². The van der Waals surface area contributed by atoms with Gasteiger partial charge in [-0.3, -0.25) is 4.79 Å². The van der Waals surface area contributed by atoms with Gasteiger partial charge in [-0.25, -0.2) is 0 Å². The largest absolute Gasteiger partial charge is 0.484 e. The Labute approximate surface area is 170 Å². The first-order chi connectivity index (χ1) is 14.3. The van der Waals surface area contributed by atoms with E-state index in [-0.39, 0.29) is 12.5 Å². The number of rotatable bonds is 7. The maximum atomic E-state index is 12.0. The Morgan fingerprint density at radius 1 is 1.00 bits per heavy atom. The molecule has 0 atom stereocenters. The molecule has 4 rings (SSSR count). The molecule has 1 heterocycles. The monoisotopic (exact) mass is 391 g/mol. The number of nitrogens with one attached hydrogen (secondary N) is 1. The highest BCUT2D eigenvalue weighted by molar-refractivity contribution is 5.77. The zero-order chi connectivity index (χ0) is 19.9. The van der Waals surface area contributed by atoms with Crippen molar-refractivity contribution >= 4 is 5.91 Å². The van der Waals surface area contributed by atoms with Gasteiger partial charge < -0.3 is 14.6 Å². The normalized spacial score (nSPS) is 14.5. The van der Waals surface area contributed by atoms with Gasteiger partial charge in [0.15, 0.2) is 6.61 Å². The Balaban J connectivity index is 1.28. The molecule has 1 N–H and O–H groups in total. The van der Waals surface area contributed by atoms with Gasteiger partial charge in [-0.15, -0.1) is 0 Å². The van der Waals surface area contributed by atoms with Crippen LogP contribution in [0.25, 0.3) is 22.8 Å². The van der Waals surface area contributed by atoms with Gasteiger partial charge in [-0.1, -0.05) is 54.8 Å². The van der Waals surface area contributed by atoms with E-state index in [1.54, 1.807) is 12.1 Å².